The Kier molecular flexibility index (Phi) is 4.66. The minimum absolute atomic E-state index is 0.321. The van der Waals surface area contributed by atoms with Crippen molar-refractivity contribution in [3.05, 3.63) is 18.2 Å². The first-order valence-corrected chi connectivity index (χ1v) is 5.53. The van der Waals surface area contributed by atoms with Gasteiger partial charge in [-0.25, -0.2) is 4.98 Å². The Balaban J connectivity index is 2.45. The Morgan fingerprint density at radius 2 is 2.29 bits per heavy atom. The van der Waals surface area contributed by atoms with E-state index in [-0.39, 0.29) is 0 Å². The maximum absolute atomic E-state index is 5.88. The topological polar surface area (TPSA) is 43.8 Å². The van der Waals surface area contributed by atoms with Crippen LogP contribution in [-0.2, 0) is 13.0 Å². The first kappa shape index (κ1) is 11.2. The smallest absolute Gasteiger partial charge is 0.108 e. The number of nitrogens with zero attached hydrogens (tertiary/aromatic N) is 2. The lowest BCUT2D eigenvalue weighted by atomic mass is 10.1. The van der Waals surface area contributed by atoms with Crippen molar-refractivity contribution < 1.29 is 0 Å². The molecule has 3 heteroatoms. The van der Waals surface area contributed by atoms with Crippen molar-refractivity contribution in [2.24, 2.45) is 5.73 Å². The summed E-state index contributed by atoms with van der Waals surface area (Å²) in [7, 11) is 0. The van der Waals surface area contributed by atoms with Crippen LogP contribution >= 0.6 is 0 Å². The molecule has 1 heterocycles. The summed E-state index contributed by atoms with van der Waals surface area (Å²) >= 11 is 0. The number of imidazole rings is 1. The lowest BCUT2D eigenvalue weighted by Crippen LogP contribution is -2.20. The maximum atomic E-state index is 5.88. The molecule has 0 saturated carbocycles. The monoisotopic (exact) mass is 195 g/mol. The Bertz CT molecular complexity index is 255. The lowest BCUT2D eigenvalue weighted by molar-refractivity contribution is 0.559. The molecule has 80 valence electrons. The molecule has 0 aliphatic heterocycles. The van der Waals surface area contributed by atoms with Gasteiger partial charge in [0.2, 0.25) is 0 Å². The zero-order chi connectivity index (χ0) is 10.4. The van der Waals surface area contributed by atoms with Gasteiger partial charge in [-0.3, -0.25) is 0 Å². The molecule has 0 amide bonds. The molecule has 0 fully saturated rings. The lowest BCUT2D eigenvalue weighted by Gasteiger charge is -2.09. The van der Waals surface area contributed by atoms with E-state index in [1.807, 2.05) is 6.20 Å². The maximum Gasteiger partial charge on any atom is 0.108 e. The van der Waals surface area contributed by atoms with Crippen molar-refractivity contribution in [1.29, 1.82) is 0 Å². The van der Waals surface area contributed by atoms with Gasteiger partial charge in [0, 0.05) is 31.4 Å². The zero-order valence-corrected chi connectivity index (χ0v) is 9.24. The summed E-state index contributed by atoms with van der Waals surface area (Å²) in [5.74, 6) is 1.18. The van der Waals surface area contributed by atoms with Gasteiger partial charge in [0.25, 0.3) is 0 Å². The molecule has 1 unspecified atom stereocenters. The first-order valence-electron chi connectivity index (χ1n) is 5.53. The number of hydrogen-bond donors (Lipinski definition) is 1. The van der Waals surface area contributed by atoms with Crippen LogP contribution < -0.4 is 5.73 Å². The second kappa shape index (κ2) is 5.81. The van der Waals surface area contributed by atoms with Gasteiger partial charge in [-0.2, -0.15) is 0 Å². The van der Waals surface area contributed by atoms with Gasteiger partial charge in [-0.05, 0) is 19.3 Å². The van der Waals surface area contributed by atoms with Crippen molar-refractivity contribution in [2.75, 3.05) is 0 Å². The van der Waals surface area contributed by atoms with Crippen molar-refractivity contribution in [3.8, 4) is 0 Å². The molecule has 1 rings (SSSR count). The highest BCUT2D eigenvalue weighted by Crippen LogP contribution is 2.05. The van der Waals surface area contributed by atoms with Crippen molar-refractivity contribution >= 4 is 0 Å². The van der Waals surface area contributed by atoms with E-state index in [0.29, 0.717) is 6.04 Å². The van der Waals surface area contributed by atoms with E-state index < -0.39 is 0 Å². The molecule has 0 aliphatic rings. The number of nitrogens with two attached hydrogens (primary N) is 1. The van der Waals surface area contributed by atoms with Gasteiger partial charge in [-0.15, -0.1) is 0 Å². The van der Waals surface area contributed by atoms with Gasteiger partial charge in [0.15, 0.2) is 0 Å². The molecule has 2 N–H and O–H groups in total. The fraction of sp³-hybridized carbons (Fsp3) is 0.727. The summed E-state index contributed by atoms with van der Waals surface area (Å²) < 4.78 is 2.22. The number of aryl methyl sites for hydroxylation is 2. The van der Waals surface area contributed by atoms with Crippen LogP contribution in [0.25, 0.3) is 0 Å². The highest BCUT2D eigenvalue weighted by atomic mass is 15.1. The van der Waals surface area contributed by atoms with Crippen LogP contribution in [0, 0.1) is 0 Å². The molecule has 1 aromatic rings. The minimum Gasteiger partial charge on any atom is -0.335 e. The third-order valence-electron chi connectivity index (χ3n) is 2.53. The second-order valence-corrected chi connectivity index (χ2v) is 3.74. The summed E-state index contributed by atoms with van der Waals surface area (Å²) in [5, 5.41) is 0. The quantitative estimate of drug-likeness (QED) is 0.754. The van der Waals surface area contributed by atoms with Crippen LogP contribution in [0.5, 0.6) is 0 Å². The Labute approximate surface area is 86.3 Å². The van der Waals surface area contributed by atoms with Crippen molar-refractivity contribution in [1.82, 2.24) is 9.55 Å². The Morgan fingerprint density at radius 3 is 2.93 bits per heavy atom. The summed E-state index contributed by atoms with van der Waals surface area (Å²) in [5.41, 5.74) is 5.88. The van der Waals surface area contributed by atoms with Crippen LogP contribution in [0.3, 0.4) is 0 Å². The van der Waals surface area contributed by atoms with E-state index in [0.717, 1.165) is 32.2 Å². The van der Waals surface area contributed by atoms with E-state index >= 15 is 0 Å². The number of rotatable bonds is 6. The van der Waals surface area contributed by atoms with Crippen LogP contribution in [0.2, 0.25) is 0 Å². The van der Waals surface area contributed by atoms with Gasteiger partial charge < -0.3 is 10.3 Å². The summed E-state index contributed by atoms with van der Waals surface area (Å²) in [6.45, 7) is 5.38. The van der Waals surface area contributed by atoms with Crippen LogP contribution in [-0.4, -0.2) is 15.6 Å². The van der Waals surface area contributed by atoms with E-state index in [1.54, 1.807) is 0 Å². The van der Waals surface area contributed by atoms with Gasteiger partial charge in [-0.1, -0.05) is 13.8 Å². The minimum atomic E-state index is 0.321. The highest BCUT2D eigenvalue weighted by Gasteiger charge is 2.04. The molecule has 0 spiro atoms. The molecule has 0 aromatic carbocycles. The Hall–Kier alpha value is -0.830. The molecule has 1 atom stereocenters. The third kappa shape index (κ3) is 3.14. The predicted octanol–water partition coefficient (Wildman–Crippen LogP) is 1.96. The second-order valence-electron chi connectivity index (χ2n) is 3.74. The summed E-state index contributed by atoms with van der Waals surface area (Å²) in [6.07, 6.45) is 8.18. The predicted molar refractivity (Wildman–Crippen MR) is 59.1 cm³/mol. The van der Waals surface area contributed by atoms with E-state index in [2.05, 4.69) is 29.6 Å². The van der Waals surface area contributed by atoms with Crippen molar-refractivity contribution in [2.45, 2.75) is 52.1 Å². The average molecular weight is 195 g/mol. The molecule has 0 radical (unpaired) electrons. The SMILES string of the molecule is CCCn1ccnc1CCC(N)CC. The molecule has 3 nitrogen and oxygen atoms in total. The molecule has 0 bridgehead atoms. The summed E-state index contributed by atoms with van der Waals surface area (Å²) in [4.78, 5) is 4.35. The Morgan fingerprint density at radius 1 is 1.50 bits per heavy atom. The first-order chi connectivity index (χ1) is 6.77. The summed E-state index contributed by atoms with van der Waals surface area (Å²) in [6, 6.07) is 0.321. The normalized spacial score (nSPS) is 13.1. The number of aromatic nitrogens is 2. The van der Waals surface area contributed by atoms with Crippen molar-refractivity contribution in [3.63, 3.8) is 0 Å². The van der Waals surface area contributed by atoms with E-state index in [1.165, 1.54) is 5.82 Å². The molecule has 14 heavy (non-hydrogen) atoms. The molecular formula is C11H21N3. The standard InChI is InChI=1S/C11H21N3/c1-3-8-14-9-7-13-11(14)6-5-10(12)4-2/h7,9-10H,3-6,8,12H2,1-2H3. The highest BCUT2D eigenvalue weighted by molar-refractivity contribution is 4.93. The molecule has 1 aromatic heterocycles. The van der Waals surface area contributed by atoms with Crippen LogP contribution in [0.4, 0.5) is 0 Å². The molecule has 0 aliphatic carbocycles. The zero-order valence-electron chi connectivity index (χ0n) is 9.24. The van der Waals surface area contributed by atoms with Gasteiger partial charge in [0.05, 0.1) is 0 Å². The van der Waals surface area contributed by atoms with Crippen LogP contribution in [0.15, 0.2) is 12.4 Å². The van der Waals surface area contributed by atoms with Gasteiger partial charge in [0.1, 0.15) is 5.82 Å². The fourth-order valence-corrected chi connectivity index (χ4v) is 1.53. The third-order valence-corrected chi connectivity index (χ3v) is 2.53. The number of hydrogen-bond acceptors (Lipinski definition) is 2. The molecule has 0 saturated heterocycles. The fourth-order valence-electron chi connectivity index (χ4n) is 1.53. The largest absolute Gasteiger partial charge is 0.335 e. The van der Waals surface area contributed by atoms with Gasteiger partial charge >= 0.3 is 0 Å². The average Bonchev–Trinajstić information content (AvgIpc) is 2.62. The van der Waals surface area contributed by atoms with Crippen LogP contribution in [0.1, 0.15) is 38.9 Å². The molecular weight excluding hydrogens is 174 g/mol. The van der Waals surface area contributed by atoms with E-state index in [9.17, 15) is 0 Å². The van der Waals surface area contributed by atoms with E-state index in [4.69, 9.17) is 5.73 Å².